The molecule has 1 aliphatic rings. The van der Waals surface area contributed by atoms with Crippen LogP contribution in [0, 0.1) is 5.82 Å². The highest BCUT2D eigenvalue weighted by atomic mass is 19.1. The molecule has 1 aliphatic carbocycles. The third kappa shape index (κ3) is 4.94. The van der Waals surface area contributed by atoms with Crippen LogP contribution in [0.4, 0.5) is 9.18 Å². The fourth-order valence-electron chi connectivity index (χ4n) is 3.19. The van der Waals surface area contributed by atoms with Crippen molar-refractivity contribution in [2.45, 2.75) is 43.9 Å². The lowest BCUT2D eigenvalue weighted by Crippen LogP contribution is -2.46. The van der Waals surface area contributed by atoms with Crippen LogP contribution in [0.1, 0.15) is 44.1 Å². The molecule has 0 atom stereocenters. The minimum absolute atomic E-state index is 0.101. The van der Waals surface area contributed by atoms with E-state index in [1.807, 2.05) is 0 Å². The molecule has 0 spiro atoms. The van der Waals surface area contributed by atoms with Gasteiger partial charge in [0.25, 0.3) is 0 Å². The molecule has 2 rings (SSSR count). The first-order valence-corrected chi connectivity index (χ1v) is 8.01. The SMILES string of the molecule is O=C(O)CCNC(=O)NCC1(c2ccc(F)cc2)CCCCC1. The van der Waals surface area contributed by atoms with Gasteiger partial charge in [-0.25, -0.2) is 9.18 Å². The van der Waals surface area contributed by atoms with Gasteiger partial charge in [0.05, 0.1) is 6.42 Å². The first-order valence-electron chi connectivity index (χ1n) is 8.01. The van der Waals surface area contributed by atoms with Crippen molar-refractivity contribution in [1.82, 2.24) is 10.6 Å². The van der Waals surface area contributed by atoms with Gasteiger partial charge in [0.15, 0.2) is 0 Å². The molecule has 5 nitrogen and oxygen atoms in total. The number of amides is 2. The van der Waals surface area contributed by atoms with Gasteiger partial charge in [-0.15, -0.1) is 0 Å². The minimum Gasteiger partial charge on any atom is -0.481 e. The Bertz CT molecular complexity index is 539. The molecule has 0 bridgehead atoms. The van der Waals surface area contributed by atoms with Crippen LogP contribution in [0.3, 0.4) is 0 Å². The molecule has 0 heterocycles. The predicted molar refractivity (Wildman–Crippen MR) is 84.8 cm³/mol. The number of halogens is 1. The van der Waals surface area contributed by atoms with Crippen LogP contribution in [0.5, 0.6) is 0 Å². The van der Waals surface area contributed by atoms with E-state index in [0.717, 1.165) is 31.2 Å². The molecule has 0 unspecified atom stereocenters. The first kappa shape index (κ1) is 17.2. The quantitative estimate of drug-likeness (QED) is 0.753. The zero-order valence-corrected chi connectivity index (χ0v) is 13.1. The summed E-state index contributed by atoms with van der Waals surface area (Å²) in [5.74, 6) is -1.21. The fraction of sp³-hybridized carbons (Fsp3) is 0.529. The third-order valence-electron chi connectivity index (χ3n) is 4.48. The van der Waals surface area contributed by atoms with E-state index in [2.05, 4.69) is 10.6 Å². The van der Waals surface area contributed by atoms with Gasteiger partial charge in [0.2, 0.25) is 0 Å². The number of benzene rings is 1. The fourth-order valence-corrected chi connectivity index (χ4v) is 3.19. The molecule has 126 valence electrons. The van der Waals surface area contributed by atoms with E-state index in [1.165, 1.54) is 18.6 Å². The van der Waals surface area contributed by atoms with Crippen molar-refractivity contribution in [2.75, 3.05) is 13.1 Å². The zero-order chi connectivity index (χ0) is 16.7. The molecule has 1 saturated carbocycles. The molecule has 0 aromatic heterocycles. The second-order valence-electron chi connectivity index (χ2n) is 6.10. The Morgan fingerprint density at radius 1 is 1.09 bits per heavy atom. The van der Waals surface area contributed by atoms with Crippen molar-refractivity contribution >= 4 is 12.0 Å². The highest BCUT2D eigenvalue weighted by Gasteiger charge is 2.34. The first-order chi connectivity index (χ1) is 11.0. The van der Waals surface area contributed by atoms with E-state index in [0.29, 0.717) is 6.54 Å². The van der Waals surface area contributed by atoms with Crippen LogP contribution >= 0.6 is 0 Å². The van der Waals surface area contributed by atoms with Gasteiger partial charge in [-0.05, 0) is 30.5 Å². The van der Waals surface area contributed by atoms with Crippen LogP contribution in [0.2, 0.25) is 0 Å². The summed E-state index contributed by atoms with van der Waals surface area (Å²) in [6.45, 7) is 0.572. The van der Waals surface area contributed by atoms with Crippen molar-refractivity contribution in [1.29, 1.82) is 0 Å². The normalized spacial score (nSPS) is 16.6. The van der Waals surface area contributed by atoms with E-state index in [9.17, 15) is 14.0 Å². The van der Waals surface area contributed by atoms with Gasteiger partial charge in [-0.2, -0.15) is 0 Å². The largest absolute Gasteiger partial charge is 0.481 e. The second kappa shape index (κ2) is 7.94. The van der Waals surface area contributed by atoms with Gasteiger partial charge in [-0.1, -0.05) is 31.4 Å². The number of carboxylic acids is 1. The number of rotatable bonds is 6. The van der Waals surface area contributed by atoms with Gasteiger partial charge < -0.3 is 15.7 Å². The third-order valence-corrected chi connectivity index (χ3v) is 4.48. The van der Waals surface area contributed by atoms with Crippen LogP contribution in [0.25, 0.3) is 0 Å². The number of hydrogen-bond acceptors (Lipinski definition) is 2. The molecule has 1 aromatic rings. The van der Waals surface area contributed by atoms with E-state index >= 15 is 0 Å². The van der Waals surface area contributed by atoms with Crippen LogP contribution in [-0.4, -0.2) is 30.2 Å². The van der Waals surface area contributed by atoms with Crippen molar-refractivity contribution < 1.29 is 19.1 Å². The maximum Gasteiger partial charge on any atom is 0.314 e. The number of hydrogen-bond donors (Lipinski definition) is 3. The van der Waals surface area contributed by atoms with E-state index in [-0.39, 0.29) is 30.2 Å². The van der Waals surface area contributed by atoms with Crippen molar-refractivity contribution in [3.8, 4) is 0 Å². The molecule has 3 N–H and O–H groups in total. The van der Waals surface area contributed by atoms with Gasteiger partial charge in [-0.3, -0.25) is 4.79 Å². The second-order valence-corrected chi connectivity index (χ2v) is 6.10. The molecule has 23 heavy (non-hydrogen) atoms. The Morgan fingerprint density at radius 2 is 1.74 bits per heavy atom. The van der Waals surface area contributed by atoms with E-state index in [4.69, 9.17) is 5.11 Å². The molecular formula is C17H23FN2O3. The summed E-state index contributed by atoms with van der Waals surface area (Å²) in [5.41, 5.74) is 0.875. The molecular weight excluding hydrogens is 299 g/mol. The Kier molecular flexibility index (Phi) is 5.96. The Hall–Kier alpha value is -2.11. The topological polar surface area (TPSA) is 78.4 Å². The molecule has 0 aliphatic heterocycles. The number of carboxylic acid groups (broad SMARTS) is 1. The zero-order valence-electron chi connectivity index (χ0n) is 13.1. The van der Waals surface area contributed by atoms with Crippen molar-refractivity contribution in [3.63, 3.8) is 0 Å². The van der Waals surface area contributed by atoms with E-state index < -0.39 is 5.97 Å². The number of carbonyl (C=O) groups is 2. The summed E-state index contributed by atoms with van der Waals surface area (Å²) >= 11 is 0. The smallest absolute Gasteiger partial charge is 0.314 e. The molecule has 2 amide bonds. The highest BCUT2D eigenvalue weighted by molar-refractivity contribution is 5.75. The average molecular weight is 322 g/mol. The van der Waals surface area contributed by atoms with Crippen LogP contribution in [-0.2, 0) is 10.2 Å². The highest BCUT2D eigenvalue weighted by Crippen LogP contribution is 2.39. The molecule has 0 radical (unpaired) electrons. The monoisotopic (exact) mass is 322 g/mol. The molecule has 1 aromatic carbocycles. The maximum atomic E-state index is 13.2. The number of carbonyl (C=O) groups excluding carboxylic acids is 1. The summed E-state index contributed by atoms with van der Waals surface area (Å²) in [4.78, 5) is 22.3. The number of nitrogens with one attached hydrogen (secondary N) is 2. The summed E-state index contributed by atoms with van der Waals surface area (Å²) < 4.78 is 13.2. The van der Waals surface area contributed by atoms with Gasteiger partial charge in [0, 0.05) is 18.5 Å². The lowest BCUT2D eigenvalue weighted by molar-refractivity contribution is -0.136. The van der Waals surface area contributed by atoms with Gasteiger partial charge in [0.1, 0.15) is 5.82 Å². The number of urea groups is 1. The summed E-state index contributed by atoms with van der Waals surface area (Å²) in [6.07, 6.45) is 5.14. The van der Waals surface area contributed by atoms with Crippen molar-refractivity contribution in [3.05, 3.63) is 35.6 Å². The number of aliphatic carboxylic acids is 1. The van der Waals surface area contributed by atoms with E-state index in [1.54, 1.807) is 12.1 Å². The molecule has 6 heteroatoms. The lowest BCUT2D eigenvalue weighted by atomic mass is 9.69. The summed E-state index contributed by atoms with van der Waals surface area (Å²) in [6, 6.07) is 6.14. The predicted octanol–water partition coefficient (Wildman–Crippen LogP) is 2.80. The van der Waals surface area contributed by atoms with Gasteiger partial charge >= 0.3 is 12.0 Å². The average Bonchev–Trinajstić information content (AvgIpc) is 2.54. The summed E-state index contributed by atoms with van der Waals surface area (Å²) in [5, 5.41) is 14.0. The van der Waals surface area contributed by atoms with Crippen LogP contribution < -0.4 is 10.6 Å². The summed E-state index contributed by atoms with van der Waals surface area (Å²) in [7, 11) is 0. The minimum atomic E-state index is -0.944. The molecule has 1 fully saturated rings. The Morgan fingerprint density at radius 3 is 2.35 bits per heavy atom. The maximum absolute atomic E-state index is 13.2. The standard InChI is InChI=1S/C17H23FN2O3/c18-14-6-4-13(5-7-14)17(9-2-1-3-10-17)12-20-16(23)19-11-8-15(21)22/h4-7H,1-3,8-12H2,(H,21,22)(H2,19,20,23). The Labute approximate surface area is 135 Å². The lowest BCUT2D eigenvalue weighted by Gasteiger charge is -2.38. The van der Waals surface area contributed by atoms with Crippen molar-refractivity contribution in [2.24, 2.45) is 0 Å². The Balaban J connectivity index is 1.97. The molecule has 0 saturated heterocycles. The van der Waals surface area contributed by atoms with Crippen LogP contribution in [0.15, 0.2) is 24.3 Å².